The summed E-state index contributed by atoms with van der Waals surface area (Å²) in [7, 11) is 1.67. The maximum atomic E-state index is 12.8. The molecule has 0 aliphatic heterocycles. The number of hydrogen-bond donors (Lipinski definition) is 1. The predicted molar refractivity (Wildman–Crippen MR) is 60.6 cm³/mol. The van der Waals surface area contributed by atoms with E-state index in [1.165, 1.54) is 29.2 Å². The molecule has 1 aromatic carbocycles. The molecular formula is C12H11F3N2O2. The van der Waals surface area contributed by atoms with Crippen molar-refractivity contribution in [1.29, 1.82) is 0 Å². The zero-order valence-corrected chi connectivity index (χ0v) is 9.98. The van der Waals surface area contributed by atoms with Crippen molar-refractivity contribution in [3.8, 4) is 11.5 Å². The lowest BCUT2D eigenvalue weighted by atomic mass is 10.1. The largest absolute Gasteiger partial charge is 0.454 e. The van der Waals surface area contributed by atoms with Gasteiger partial charge in [0.05, 0.1) is 24.6 Å². The molecule has 0 atom stereocenters. The van der Waals surface area contributed by atoms with Gasteiger partial charge in [-0.05, 0) is 17.7 Å². The van der Waals surface area contributed by atoms with Crippen LogP contribution in [0.25, 0.3) is 0 Å². The average molecular weight is 272 g/mol. The molecule has 1 aromatic heterocycles. The maximum absolute atomic E-state index is 12.8. The number of aromatic nitrogens is 2. The highest BCUT2D eigenvalue weighted by atomic mass is 19.4. The van der Waals surface area contributed by atoms with Gasteiger partial charge in [0.1, 0.15) is 5.75 Å². The lowest BCUT2D eigenvalue weighted by molar-refractivity contribution is -0.138. The standard InChI is InChI=1S/C12H11F3N2O2/c1-17-6-10(5-16-17)19-9-3-2-8(7-18)11(4-9)12(13,14)15/h2-6,18H,7H2,1H3. The zero-order valence-electron chi connectivity index (χ0n) is 9.98. The van der Waals surface area contributed by atoms with Gasteiger partial charge in [0, 0.05) is 7.05 Å². The van der Waals surface area contributed by atoms with Gasteiger partial charge in [-0.15, -0.1) is 0 Å². The van der Waals surface area contributed by atoms with Gasteiger partial charge in [0.15, 0.2) is 5.75 Å². The van der Waals surface area contributed by atoms with Crippen LogP contribution in [0.1, 0.15) is 11.1 Å². The summed E-state index contributed by atoms with van der Waals surface area (Å²) >= 11 is 0. The highest BCUT2D eigenvalue weighted by molar-refractivity contribution is 5.39. The van der Waals surface area contributed by atoms with E-state index in [1.807, 2.05) is 0 Å². The number of hydrogen-bond acceptors (Lipinski definition) is 3. The van der Waals surface area contributed by atoms with E-state index < -0.39 is 18.3 Å². The van der Waals surface area contributed by atoms with Crippen LogP contribution in [-0.2, 0) is 19.8 Å². The summed E-state index contributed by atoms with van der Waals surface area (Å²) in [5.74, 6) is 0.380. The van der Waals surface area contributed by atoms with E-state index in [0.717, 1.165) is 6.07 Å². The summed E-state index contributed by atoms with van der Waals surface area (Å²) in [6, 6.07) is 3.42. The molecule has 4 nitrogen and oxygen atoms in total. The first-order chi connectivity index (χ1) is 8.90. The Hall–Kier alpha value is -2.02. The molecular weight excluding hydrogens is 261 g/mol. The third kappa shape index (κ3) is 3.05. The number of benzene rings is 1. The van der Waals surface area contributed by atoms with Crippen LogP contribution in [0.4, 0.5) is 13.2 Å². The van der Waals surface area contributed by atoms with E-state index >= 15 is 0 Å². The van der Waals surface area contributed by atoms with E-state index in [0.29, 0.717) is 5.75 Å². The molecule has 0 radical (unpaired) electrons. The maximum Gasteiger partial charge on any atom is 0.416 e. The van der Waals surface area contributed by atoms with Crippen molar-refractivity contribution in [3.05, 3.63) is 41.7 Å². The van der Waals surface area contributed by atoms with E-state index in [-0.39, 0.29) is 11.3 Å². The molecule has 0 saturated carbocycles. The van der Waals surface area contributed by atoms with E-state index in [4.69, 9.17) is 9.84 Å². The van der Waals surface area contributed by atoms with Crippen LogP contribution in [0.3, 0.4) is 0 Å². The Balaban J connectivity index is 2.32. The third-order valence-electron chi connectivity index (χ3n) is 2.47. The summed E-state index contributed by atoms with van der Waals surface area (Å²) in [6.45, 7) is -0.679. The predicted octanol–water partition coefficient (Wildman–Crippen LogP) is 2.72. The van der Waals surface area contributed by atoms with Crippen LogP contribution in [0.15, 0.2) is 30.6 Å². The molecule has 0 saturated heterocycles. The molecule has 1 heterocycles. The number of rotatable bonds is 3. The molecule has 7 heteroatoms. The normalized spacial score (nSPS) is 11.6. The summed E-state index contributed by atoms with van der Waals surface area (Å²) in [6.07, 6.45) is -1.60. The highest BCUT2D eigenvalue weighted by Gasteiger charge is 2.33. The molecule has 102 valence electrons. The van der Waals surface area contributed by atoms with Gasteiger partial charge >= 0.3 is 6.18 Å². The van der Waals surface area contributed by atoms with E-state index in [1.54, 1.807) is 7.05 Å². The van der Waals surface area contributed by atoms with Crippen molar-refractivity contribution < 1.29 is 23.0 Å². The second-order valence-corrected chi connectivity index (χ2v) is 3.93. The van der Waals surface area contributed by atoms with Crippen LogP contribution in [-0.4, -0.2) is 14.9 Å². The fourth-order valence-electron chi connectivity index (χ4n) is 1.61. The fraction of sp³-hybridized carbons (Fsp3) is 0.250. The second kappa shape index (κ2) is 4.93. The monoisotopic (exact) mass is 272 g/mol. The molecule has 0 aliphatic carbocycles. The van der Waals surface area contributed by atoms with Gasteiger partial charge < -0.3 is 9.84 Å². The van der Waals surface area contributed by atoms with Crippen LogP contribution in [0.5, 0.6) is 11.5 Å². The summed E-state index contributed by atoms with van der Waals surface area (Å²) in [4.78, 5) is 0. The van der Waals surface area contributed by atoms with Gasteiger partial charge in [-0.25, -0.2) is 0 Å². The van der Waals surface area contributed by atoms with Crippen LogP contribution >= 0.6 is 0 Å². The summed E-state index contributed by atoms with van der Waals surface area (Å²) in [5, 5.41) is 12.8. The quantitative estimate of drug-likeness (QED) is 0.934. The number of aliphatic hydroxyl groups excluding tert-OH is 1. The Kier molecular flexibility index (Phi) is 3.48. The fourth-order valence-corrected chi connectivity index (χ4v) is 1.61. The van der Waals surface area contributed by atoms with Crippen molar-refractivity contribution in [2.24, 2.45) is 7.05 Å². The minimum absolute atomic E-state index is 0.0394. The van der Waals surface area contributed by atoms with Crippen molar-refractivity contribution in [3.63, 3.8) is 0 Å². The summed E-state index contributed by atoms with van der Waals surface area (Å²) in [5.41, 5.74) is -1.09. The van der Waals surface area contributed by atoms with E-state index in [9.17, 15) is 13.2 Å². The lowest BCUT2D eigenvalue weighted by Crippen LogP contribution is -2.09. The average Bonchev–Trinajstić information content (AvgIpc) is 2.73. The second-order valence-electron chi connectivity index (χ2n) is 3.93. The molecule has 0 amide bonds. The Labute approximate surface area is 107 Å². The molecule has 0 unspecified atom stereocenters. The smallest absolute Gasteiger partial charge is 0.416 e. The van der Waals surface area contributed by atoms with Crippen LogP contribution in [0, 0.1) is 0 Å². The highest BCUT2D eigenvalue weighted by Crippen LogP contribution is 2.35. The molecule has 2 aromatic rings. The third-order valence-corrected chi connectivity index (χ3v) is 2.47. The van der Waals surface area contributed by atoms with Gasteiger partial charge in [-0.3, -0.25) is 4.68 Å². The molecule has 0 bridgehead atoms. The number of aryl methyl sites for hydroxylation is 1. The topological polar surface area (TPSA) is 47.3 Å². The van der Waals surface area contributed by atoms with Gasteiger partial charge in [-0.1, -0.05) is 6.07 Å². The van der Waals surface area contributed by atoms with Crippen LogP contribution in [0.2, 0.25) is 0 Å². The Morgan fingerprint density at radius 3 is 2.58 bits per heavy atom. The number of ether oxygens (including phenoxy) is 1. The zero-order chi connectivity index (χ0) is 14.0. The number of alkyl halides is 3. The van der Waals surface area contributed by atoms with Crippen molar-refractivity contribution >= 4 is 0 Å². The lowest BCUT2D eigenvalue weighted by Gasteiger charge is -2.13. The van der Waals surface area contributed by atoms with Gasteiger partial charge in [0.25, 0.3) is 0 Å². The van der Waals surface area contributed by atoms with Crippen molar-refractivity contribution in [2.75, 3.05) is 0 Å². The first-order valence-corrected chi connectivity index (χ1v) is 5.37. The first-order valence-electron chi connectivity index (χ1n) is 5.37. The molecule has 19 heavy (non-hydrogen) atoms. The molecule has 0 aliphatic rings. The number of nitrogens with zero attached hydrogens (tertiary/aromatic N) is 2. The SMILES string of the molecule is Cn1cc(Oc2ccc(CO)c(C(F)(F)F)c2)cn1. The van der Waals surface area contributed by atoms with Crippen molar-refractivity contribution in [2.45, 2.75) is 12.8 Å². The Bertz CT molecular complexity index is 579. The van der Waals surface area contributed by atoms with Gasteiger partial charge in [-0.2, -0.15) is 18.3 Å². The minimum Gasteiger partial charge on any atom is -0.454 e. The molecule has 0 fully saturated rings. The van der Waals surface area contributed by atoms with Crippen LogP contribution < -0.4 is 4.74 Å². The van der Waals surface area contributed by atoms with E-state index in [2.05, 4.69) is 5.10 Å². The summed E-state index contributed by atoms with van der Waals surface area (Å²) < 4.78 is 45.1. The Morgan fingerprint density at radius 2 is 2.05 bits per heavy atom. The molecule has 1 N–H and O–H groups in total. The molecule has 0 spiro atoms. The van der Waals surface area contributed by atoms with Gasteiger partial charge in [0.2, 0.25) is 0 Å². The Morgan fingerprint density at radius 1 is 1.32 bits per heavy atom. The number of aliphatic hydroxyl groups is 1. The minimum atomic E-state index is -4.54. The first kappa shape index (κ1) is 13.4. The van der Waals surface area contributed by atoms with Crippen molar-refractivity contribution in [1.82, 2.24) is 9.78 Å². The number of halogens is 3. The molecule has 2 rings (SSSR count).